The Morgan fingerprint density at radius 3 is 3.07 bits per heavy atom. The molecule has 0 bridgehead atoms. The summed E-state index contributed by atoms with van der Waals surface area (Å²) < 4.78 is 5.57. The van der Waals surface area contributed by atoms with Crippen LogP contribution in [0.5, 0.6) is 5.75 Å². The second kappa shape index (κ2) is 4.45. The number of carbonyl (C=O) groups excluding carboxylic acids is 1. The SMILES string of the molecule is CCCOc1ccc(Cl)c2c1SCC2=O. The molecule has 0 radical (unpaired) electrons. The molecule has 1 aliphatic rings. The summed E-state index contributed by atoms with van der Waals surface area (Å²) in [5.74, 6) is 1.36. The minimum absolute atomic E-state index is 0.0990. The van der Waals surface area contributed by atoms with Crippen molar-refractivity contribution in [2.75, 3.05) is 12.4 Å². The standard InChI is InChI=1S/C11H11ClO2S/c1-2-5-14-9-4-3-7(12)10-8(13)6-15-11(9)10/h3-4H,2,5-6H2,1H3. The molecule has 4 heteroatoms. The lowest BCUT2D eigenvalue weighted by atomic mass is 10.1. The number of ether oxygens (including phenoxy) is 1. The van der Waals surface area contributed by atoms with E-state index in [1.165, 1.54) is 11.8 Å². The molecular formula is C11H11ClO2S. The first-order chi connectivity index (χ1) is 7.24. The van der Waals surface area contributed by atoms with Crippen molar-refractivity contribution in [1.82, 2.24) is 0 Å². The van der Waals surface area contributed by atoms with Crippen LogP contribution in [0.1, 0.15) is 23.7 Å². The highest BCUT2D eigenvalue weighted by Gasteiger charge is 2.26. The molecule has 2 rings (SSSR count). The van der Waals surface area contributed by atoms with Gasteiger partial charge in [-0.2, -0.15) is 0 Å². The van der Waals surface area contributed by atoms with E-state index in [0.717, 1.165) is 17.1 Å². The normalized spacial score (nSPS) is 14.1. The molecule has 0 atom stereocenters. The number of thioether (sulfide) groups is 1. The molecule has 2 nitrogen and oxygen atoms in total. The van der Waals surface area contributed by atoms with Crippen molar-refractivity contribution in [3.63, 3.8) is 0 Å². The molecule has 0 unspecified atom stereocenters. The fourth-order valence-corrected chi connectivity index (χ4v) is 2.85. The summed E-state index contributed by atoms with van der Waals surface area (Å²) >= 11 is 7.49. The molecule has 1 aromatic rings. The highest BCUT2D eigenvalue weighted by Crippen LogP contribution is 2.42. The molecule has 0 fully saturated rings. The monoisotopic (exact) mass is 242 g/mol. The van der Waals surface area contributed by atoms with Gasteiger partial charge >= 0.3 is 0 Å². The summed E-state index contributed by atoms with van der Waals surface area (Å²) in [5.41, 5.74) is 0.635. The van der Waals surface area contributed by atoms with Gasteiger partial charge in [-0.15, -0.1) is 11.8 Å². The Bertz CT molecular complexity index is 404. The molecule has 1 aromatic carbocycles. The van der Waals surface area contributed by atoms with E-state index in [4.69, 9.17) is 16.3 Å². The van der Waals surface area contributed by atoms with Crippen LogP contribution in [0, 0.1) is 0 Å². The van der Waals surface area contributed by atoms with E-state index in [1.807, 2.05) is 6.07 Å². The van der Waals surface area contributed by atoms with Crippen molar-refractivity contribution < 1.29 is 9.53 Å². The lowest BCUT2D eigenvalue weighted by Crippen LogP contribution is -1.99. The first-order valence-electron chi connectivity index (χ1n) is 4.85. The highest BCUT2D eigenvalue weighted by molar-refractivity contribution is 8.00. The molecule has 0 saturated heterocycles. The molecule has 15 heavy (non-hydrogen) atoms. The summed E-state index contributed by atoms with van der Waals surface area (Å²) in [4.78, 5) is 12.5. The van der Waals surface area contributed by atoms with Gasteiger partial charge in [0.25, 0.3) is 0 Å². The predicted molar refractivity (Wildman–Crippen MR) is 62.3 cm³/mol. The molecule has 0 amide bonds. The number of ketones is 1. The molecule has 0 spiro atoms. The first-order valence-corrected chi connectivity index (χ1v) is 6.21. The zero-order valence-corrected chi connectivity index (χ0v) is 9.95. The molecule has 0 N–H and O–H groups in total. The molecule has 0 aromatic heterocycles. The van der Waals surface area contributed by atoms with Gasteiger partial charge in [0.1, 0.15) is 5.75 Å². The minimum Gasteiger partial charge on any atom is -0.492 e. The van der Waals surface area contributed by atoms with Crippen LogP contribution in [0.4, 0.5) is 0 Å². The van der Waals surface area contributed by atoms with Crippen LogP contribution in [0.25, 0.3) is 0 Å². The number of benzene rings is 1. The van der Waals surface area contributed by atoms with Gasteiger partial charge in [0.05, 0.1) is 27.8 Å². The number of hydrogen-bond donors (Lipinski definition) is 0. The van der Waals surface area contributed by atoms with E-state index in [9.17, 15) is 4.79 Å². The van der Waals surface area contributed by atoms with Gasteiger partial charge < -0.3 is 4.74 Å². The van der Waals surface area contributed by atoms with Gasteiger partial charge in [0.2, 0.25) is 0 Å². The molecule has 80 valence electrons. The Hall–Kier alpha value is -0.670. The summed E-state index contributed by atoms with van der Waals surface area (Å²) in [5, 5.41) is 0.531. The van der Waals surface area contributed by atoms with E-state index < -0.39 is 0 Å². The van der Waals surface area contributed by atoms with Crippen LogP contribution in [-0.2, 0) is 0 Å². The Balaban J connectivity index is 2.38. The van der Waals surface area contributed by atoms with Crippen LogP contribution in [0.2, 0.25) is 5.02 Å². The fraction of sp³-hybridized carbons (Fsp3) is 0.364. The van der Waals surface area contributed by atoms with Crippen LogP contribution in [-0.4, -0.2) is 18.1 Å². The van der Waals surface area contributed by atoms with Crippen LogP contribution < -0.4 is 4.74 Å². The smallest absolute Gasteiger partial charge is 0.175 e. The van der Waals surface area contributed by atoms with Crippen molar-refractivity contribution in [3.05, 3.63) is 22.7 Å². The summed E-state index contributed by atoms with van der Waals surface area (Å²) in [6, 6.07) is 3.57. The highest BCUT2D eigenvalue weighted by atomic mass is 35.5. The first kappa shape index (κ1) is 10.8. The summed E-state index contributed by atoms with van der Waals surface area (Å²) in [6.07, 6.45) is 0.954. The Morgan fingerprint density at radius 2 is 2.33 bits per heavy atom. The number of hydrogen-bond acceptors (Lipinski definition) is 3. The zero-order chi connectivity index (χ0) is 10.8. The largest absolute Gasteiger partial charge is 0.492 e. The topological polar surface area (TPSA) is 26.3 Å². The fourth-order valence-electron chi connectivity index (χ4n) is 1.48. The number of rotatable bonds is 3. The van der Waals surface area contributed by atoms with Crippen molar-refractivity contribution >= 4 is 29.1 Å². The second-order valence-corrected chi connectivity index (χ2v) is 4.70. The van der Waals surface area contributed by atoms with E-state index in [0.29, 0.717) is 22.9 Å². The van der Waals surface area contributed by atoms with E-state index >= 15 is 0 Å². The number of carbonyl (C=O) groups is 1. The van der Waals surface area contributed by atoms with Gasteiger partial charge in [-0.25, -0.2) is 0 Å². The summed E-state index contributed by atoms with van der Waals surface area (Å²) in [7, 11) is 0. The van der Waals surface area contributed by atoms with Crippen molar-refractivity contribution in [1.29, 1.82) is 0 Å². The average Bonchev–Trinajstić information content (AvgIpc) is 2.61. The second-order valence-electron chi connectivity index (χ2n) is 3.31. The van der Waals surface area contributed by atoms with Crippen LogP contribution in [0.3, 0.4) is 0 Å². The molecule has 0 aliphatic carbocycles. The number of halogens is 1. The molecule has 1 heterocycles. The summed E-state index contributed by atoms with van der Waals surface area (Å²) in [6.45, 7) is 2.72. The molecular weight excluding hydrogens is 232 g/mol. The van der Waals surface area contributed by atoms with Gasteiger partial charge in [0, 0.05) is 0 Å². The van der Waals surface area contributed by atoms with E-state index in [-0.39, 0.29) is 5.78 Å². The maximum atomic E-state index is 11.6. The lowest BCUT2D eigenvalue weighted by molar-refractivity contribution is 0.102. The third-order valence-corrected chi connectivity index (χ3v) is 3.57. The van der Waals surface area contributed by atoms with Crippen LogP contribution in [0.15, 0.2) is 17.0 Å². The molecule has 1 aliphatic heterocycles. The third kappa shape index (κ3) is 1.99. The Kier molecular flexibility index (Phi) is 3.22. The van der Waals surface area contributed by atoms with Crippen molar-refractivity contribution in [2.24, 2.45) is 0 Å². The molecule has 0 saturated carbocycles. The number of fused-ring (bicyclic) bond motifs is 1. The quantitative estimate of drug-likeness (QED) is 0.813. The van der Waals surface area contributed by atoms with Gasteiger partial charge in [-0.1, -0.05) is 18.5 Å². The number of Topliss-reactive ketones (excluding diaryl/α,β-unsaturated/α-hetero) is 1. The van der Waals surface area contributed by atoms with E-state index in [2.05, 4.69) is 6.92 Å². The lowest BCUT2D eigenvalue weighted by Gasteiger charge is -2.09. The predicted octanol–water partition coefficient (Wildman–Crippen LogP) is 3.42. The average molecular weight is 243 g/mol. The zero-order valence-electron chi connectivity index (χ0n) is 8.38. The Labute approximate surface area is 98.0 Å². The maximum absolute atomic E-state index is 11.6. The van der Waals surface area contributed by atoms with Crippen LogP contribution >= 0.6 is 23.4 Å². The van der Waals surface area contributed by atoms with Gasteiger partial charge in [-0.05, 0) is 18.6 Å². The third-order valence-electron chi connectivity index (χ3n) is 2.16. The van der Waals surface area contributed by atoms with Gasteiger partial charge in [0.15, 0.2) is 5.78 Å². The van der Waals surface area contributed by atoms with E-state index in [1.54, 1.807) is 6.07 Å². The Morgan fingerprint density at radius 1 is 1.53 bits per heavy atom. The van der Waals surface area contributed by atoms with Gasteiger partial charge in [-0.3, -0.25) is 4.79 Å². The minimum atomic E-state index is 0.0990. The maximum Gasteiger partial charge on any atom is 0.175 e. The van der Waals surface area contributed by atoms with Crippen molar-refractivity contribution in [2.45, 2.75) is 18.2 Å². The van der Waals surface area contributed by atoms with Crippen molar-refractivity contribution in [3.8, 4) is 5.75 Å².